The second kappa shape index (κ2) is 9.09. The fourth-order valence-corrected chi connectivity index (χ4v) is 4.64. The first-order chi connectivity index (χ1) is 14.1. The largest absolute Gasteiger partial charge is 0.300 e. The molecule has 3 aromatic rings. The second-order valence-corrected chi connectivity index (χ2v) is 9.02. The number of carbonyl (C=O) groups excluding carboxylic acids is 1. The third kappa shape index (κ3) is 5.06. The van der Waals surface area contributed by atoms with E-state index in [0.29, 0.717) is 25.8 Å². The minimum Gasteiger partial charge on any atom is -0.300 e. The smallest absolute Gasteiger partial charge is 0.264 e. The molecule has 29 heavy (non-hydrogen) atoms. The van der Waals surface area contributed by atoms with Crippen LogP contribution in [0.3, 0.4) is 0 Å². The average Bonchev–Trinajstić information content (AvgIpc) is 3.06. The van der Waals surface area contributed by atoms with E-state index in [1.807, 2.05) is 72.8 Å². The highest BCUT2D eigenvalue weighted by molar-refractivity contribution is 8.18. The van der Waals surface area contributed by atoms with Gasteiger partial charge in [0, 0.05) is 14.8 Å². The molecule has 0 aromatic heterocycles. The summed E-state index contributed by atoms with van der Waals surface area (Å²) in [6.07, 6.45) is 1.88. The number of nitrogens with one attached hydrogen (secondary N) is 1. The Morgan fingerprint density at radius 3 is 2.45 bits per heavy atom. The van der Waals surface area contributed by atoms with Gasteiger partial charge in [0.05, 0.1) is 15.6 Å². The molecule has 0 saturated carbocycles. The van der Waals surface area contributed by atoms with E-state index < -0.39 is 0 Å². The molecule has 1 amide bonds. The SMILES string of the molecule is O=C1NC(=Nc2ccccc2Cl)S/C1=C\c1ccccc1Sc1ccc(Cl)cc1. The molecule has 1 saturated heterocycles. The molecule has 0 aliphatic carbocycles. The van der Waals surface area contributed by atoms with E-state index in [0.717, 1.165) is 15.4 Å². The number of halogens is 2. The van der Waals surface area contributed by atoms with E-state index in [2.05, 4.69) is 10.3 Å². The number of amidine groups is 1. The summed E-state index contributed by atoms with van der Waals surface area (Å²) >= 11 is 15.0. The van der Waals surface area contributed by atoms with Gasteiger partial charge in [-0.2, -0.15) is 0 Å². The number of para-hydroxylation sites is 1. The number of thioether (sulfide) groups is 1. The van der Waals surface area contributed by atoms with E-state index in [1.165, 1.54) is 11.8 Å². The number of hydrogen-bond donors (Lipinski definition) is 1. The zero-order valence-corrected chi connectivity index (χ0v) is 18.1. The van der Waals surface area contributed by atoms with E-state index in [1.54, 1.807) is 17.8 Å². The first kappa shape index (κ1) is 20.1. The Kier molecular flexibility index (Phi) is 6.31. The van der Waals surface area contributed by atoms with Crippen molar-refractivity contribution in [1.82, 2.24) is 5.32 Å². The summed E-state index contributed by atoms with van der Waals surface area (Å²) in [4.78, 5) is 19.6. The monoisotopic (exact) mass is 456 g/mol. The van der Waals surface area contributed by atoms with Crippen molar-refractivity contribution in [3.05, 3.63) is 93.3 Å². The van der Waals surface area contributed by atoms with Gasteiger partial charge < -0.3 is 5.32 Å². The normalized spacial score (nSPS) is 16.4. The van der Waals surface area contributed by atoms with Crippen LogP contribution in [0.25, 0.3) is 6.08 Å². The summed E-state index contributed by atoms with van der Waals surface area (Å²) in [5.41, 5.74) is 1.58. The molecule has 1 fully saturated rings. The first-order valence-electron chi connectivity index (χ1n) is 8.65. The minimum absolute atomic E-state index is 0.174. The Morgan fingerprint density at radius 1 is 0.931 bits per heavy atom. The van der Waals surface area contributed by atoms with Crippen LogP contribution in [0.4, 0.5) is 5.69 Å². The molecule has 0 radical (unpaired) electrons. The molecule has 1 aliphatic heterocycles. The first-order valence-corrected chi connectivity index (χ1v) is 11.0. The topological polar surface area (TPSA) is 41.5 Å². The van der Waals surface area contributed by atoms with Gasteiger partial charge in [0.25, 0.3) is 5.91 Å². The van der Waals surface area contributed by atoms with Crippen LogP contribution in [-0.2, 0) is 4.79 Å². The predicted octanol–water partition coefficient (Wildman–Crippen LogP) is 7.04. The lowest BCUT2D eigenvalue weighted by molar-refractivity contribution is -0.115. The van der Waals surface area contributed by atoms with E-state index in [4.69, 9.17) is 23.2 Å². The summed E-state index contributed by atoms with van der Waals surface area (Å²) in [7, 11) is 0. The second-order valence-electron chi connectivity index (χ2n) is 6.03. The molecule has 4 rings (SSSR count). The van der Waals surface area contributed by atoms with Crippen LogP contribution < -0.4 is 5.32 Å². The average molecular weight is 457 g/mol. The highest BCUT2D eigenvalue weighted by Crippen LogP contribution is 2.35. The van der Waals surface area contributed by atoms with Crippen molar-refractivity contribution in [2.45, 2.75) is 9.79 Å². The van der Waals surface area contributed by atoms with Crippen LogP contribution in [0.5, 0.6) is 0 Å². The minimum atomic E-state index is -0.174. The highest BCUT2D eigenvalue weighted by Gasteiger charge is 2.24. The van der Waals surface area contributed by atoms with Crippen molar-refractivity contribution < 1.29 is 4.79 Å². The molecular weight excluding hydrogens is 443 g/mol. The van der Waals surface area contributed by atoms with Gasteiger partial charge in [-0.3, -0.25) is 4.79 Å². The summed E-state index contributed by atoms with van der Waals surface area (Å²) in [6.45, 7) is 0. The molecule has 1 aliphatic rings. The van der Waals surface area contributed by atoms with Gasteiger partial charge in [-0.15, -0.1) is 0 Å². The van der Waals surface area contributed by atoms with Crippen LogP contribution in [0.15, 0.2) is 92.5 Å². The summed E-state index contributed by atoms with van der Waals surface area (Å²) < 4.78 is 0. The van der Waals surface area contributed by atoms with Crippen molar-refractivity contribution in [2.75, 3.05) is 0 Å². The van der Waals surface area contributed by atoms with Gasteiger partial charge in [0.1, 0.15) is 0 Å². The van der Waals surface area contributed by atoms with Crippen molar-refractivity contribution in [1.29, 1.82) is 0 Å². The molecule has 7 heteroatoms. The number of amides is 1. The van der Waals surface area contributed by atoms with Gasteiger partial charge >= 0.3 is 0 Å². The predicted molar refractivity (Wildman–Crippen MR) is 124 cm³/mol. The lowest BCUT2D eigenvalue weighted by Gasteiger charge is -2.06. The number of carbonyl (C=O) groups is 1. The maximum Gasteiger partial charge on any atom is 0.264 e. The van der Waals surface area contributed by atoms with E-state index >= 15 is 0 Å². The summed E-state index contributed by atoms with van der Waals surface area (Å²) in [6, 6.07) is 22.9. The van der Waals surface area contributed by atoms with Gasteiger partial charge in [-0.25, -0.2) is 4.99 Å². The third-order valence-electron chi connectivity index (χ3n) is 3.97. The van der Waals surface area contributed by atoms with Crippen molar-refractivity contribution >= 4 is 69.6 Å². The Morgan fingerprint density at radius 2 is 1.66 bits per heavy atom. The Bertz CT molecular complexity index is 1130. The van der Waals surface area contributed by atoms with Crippen LogP contribution >= 0.6 is 46.7 Å². The van der Waals surface area contributed by atoms with Gasteiger partial charge in [0.2, 0.25) is 0 Å². The van der Waals surface area contributed by atoms with Crippen molar-refractivity contribution in [3.63, 3.8) is 0 Å². The van der Waals surface area contributed by atoms with Crippen LogP contribution in [0, 0.1) is 0 Å². The standard InChI is InChI=1S/C22H14Cl2N2OS2/c23-15-9-11-16(12-10-15)28-19-8-4-1-5-14(19)13-20-21(27)26-22(29-20)25-18-7-3-2-6-17(18)24/h1-13H,(H,25,26,27)/b20-13-. The number of hydrogen-bond acceptors (Lipinski definition) is 4. The zero-order chi connectivity index (χ0) is 20.2. The molecular formula is C22H14Cl2N2OS2. The number of rotatable bonds is 4. The Balaban J connectivity index is 1.59. The van der Waals surface area contributed by atoms with Crippen LogP contribution in [0.2, 0.25) is 10.0 Å². The third-order valence-corrected chi connectivity index (χ3v) is 6.55. The fraction of sp³-hybridized carbons (Fsp3) is 0. The number of benzene rings is 3. The molecule has 3 nitrogen and oxygen atoms in total. The summed E-state index contributed by atoms with van der Waals surface area (Å²) in [5.74, 6) is -0.174. The molecule has 144 valence electrons. The molecule has 0 bridgehead atoms. The van der Waals surface area contributed by atoms with Crippen molar-refractivity contribution in [2.24, 2.45) is 4.99 Å². The zero-order valence-electron chi connectivity index (χ0n) is 14.9. The molecule has 3 aromatic carbocycles. The van der Waals surface area contributed by atoms with Crippen LogP contribution in [-0.4, -0.2) is 11.1 Å². The Hall–Kier alpha value is -2.18. The fourth-order valence-electron chi connectivity index (χ4n) is 2.60. The quantitative estimate of drug-likeness (QED) is 0.428. The number of aliphatic imine (C=N–C) groups is 1. The molecule has 0 unspecified atom stereocenters. The maximum absolute atomic E-state index is 12.4. The van der Waals surface area contributed by atoms with Crippen LogP contribution in [0.1, 0.15) is 5.56 Å². The van der Waals surface area contributed by atoms with Crippen molar-refractivity contribution in [3.8, 4) is 0 Å². The van der Waals surface area contributed by atoms with Gasteiger partial charge in [-0.1, -0.05) is 65.3 Å². The molecule has 1 heterocycles. The maximum atomic E-state index is 12.4. The Labute approximate surface area is 187 Å². The highest BCUT2D eigenvalue weighted by atomic mass is 35.5. The molecule has 0 atom stereocenters. The van der Waals surface area contributed by atoms with Gasteiger partial charge in [0.15, 0.2) is 5.17 Å². The lowest BCUT2D eigenvalue weighted by Crippen LogP contribution is -2.19. The summed E-state index contributed by atoms with van der Waals surface area (Å²) in [5, 5.41) is 4.55. The molecule has 1 N–H and O–H groups in total. The van der Waals surface area contributed by atoms with E-state index in [9.17, 15) is 4.79 Å². The lowest BCUT2D eigenvalue weighted by atomic mass is 10.2. The van der Waals surface area contributed by atoms with Gasteiger partial charge in [-0.05, 0) is 65.9 Å². The van der Waals surface area contributed by atoms with E-state index in [-0.39, 0.29) is 5.91 Å². The molecule has 0 spiro atoms. The number of nitrogens with zero attached hydrogens (tertiary/aromatic N) is 1.